The first-order valence-electron chi connectivity index (χ1n) is 12.5. The van der Waals surface area contributed by atoms with Crippen LogP contribution in [-0.4, -0.2) is 63.5 Å². The van der Waals surface area contributed by atoms with Crippen molar-refractivity contribution in [2.75, 3.05) is 17.9 Å². The second-order valence-corrected chi connectivity index (χ2v) is 12.0. The van der Waals surface area contributed by atoms with Gasteiger partial charge in [-0.2, -0.15) is 0 Å². The summed E-state index contributed by atoms with van der Waals surface area (Å²) >= 11 is 1.14. The molecule has 1 saturated carbocycles. The molecular weight excluding hydrogens is 542 g/mol. The molecule has 3 aromatic rings. The van der Waals surface area contributed by atoms with Gasteiger partial charge in [0, 0.05) is 25.0 Å². The Labute approximate surface area is 229 Å². The SMILES string of the molecule is CCOc1cncc(-c2cnc(C(=O)NC(CN3C=CCCC3=O)c3cc(NS(=O)(=O)C4CC4)ccn3)s2)n1. The Morgan fingerprint density at radius 1 is 1.26 bits per heavy atom. The third-order valence-corrected chi connectivity index (χ3v) is 8.92. The van der Waals surface area contributed by atoms with Gasteiger partial charge in [-0.1, -0.05) is 6.08 Å². The average molecular weight is 570 g/mol. The third kappa shape index (κ3) is 6.57. The van der Waals surface area contributed by atoms with Crippen LogP contribution in [0, 0.1) is 0 Å². The number of carbonyl (C=O) groups is 2. The second-order valence-electron chi connectivity index (χ2n) is 9.02. The van der Waals surface area contributed by atoms with E-state index in [0.717, 1.165) is 11.3 Å². The number of hydrogen-bond donors (Lipinski definition) is 2. The number of pyridine rings is 1. The molecule has 1 aliphatic carbocycles. The van der Waals surface area contributed by atoms with E-state index in [9.17, 15) is 18.0 Å². The zero-order valence-corrected chi connectivity index (χ0v) is 22.7. The molecule has 14 heteroatoms. The highest BCUT2D eigenvalue weighted by Gasteiger charge is 2.36. The lowest BCUT2D eigenvalue weighted by Gasteiger charge is -2.27. The lowest BCUT2D eigenvalue weighted by Crippen LogP contribution is -2.39. The van der Waals surface area contributed by atoms with Crippen molar-refractivity contribution in [3.8, 4) is 16.5 Å². The molecule has 39 heavy (non-hydrogen) atoms. The minimum atomic E-state index is -3.48. The standard InChI is InChI=1S/C25H27N7O5S2/c1-2-37-22-14-26-12-19(29-22)21-13-28-25(38-21)24(34)30-20(15-32-10-4-3-5-23(32)33)18-11-16(8-9-27-18)31-39(35,36)17-6-7-17/h4,8-14,17,20H,2-3,5-7,15H2,1H3,(H,27,31)(H,30,34). The Hall–Kier alpha value is -3.91. The maximum atomic E-state index is 13.3. The number of sulfonamides is 1. The van der Waals surface area contributed by atoms with Crippen LogP contribution in [0.3, 0.4) is 0 Å². The topological polar surface area (TPSA) is 156 Å². The van der Waals surface area contributed by atoms with Crippen LogP contribution in [0.2, 0.25) is 0 Å². The number of nitrogens with one attached hydrogen (secondary N) is 2. The van der Waals surface area contributed by atoms with Crippen LogP contribution >= 0.6 is 11.3 Å². The lowest BCUT2D eigenvalue weighted by atomic mass is 10.1. The van der Waals surface area contributed by atoms with Gasteiger partial charge in [-0.15, -0.1) is 11.3 Å². The van der Waals surface area contributed by atoms with Crippen LogP contribution in [0.5, 0.6) is 5.88 Å². The van der Waals surface area contributed by atoms with E-state index >= 15 is 0 Å². The van der Waals surface area contributed by atoms with Crippen LogP contribution in [0.15, 0.2) is 49.2 Å². The van der Waals surface area contributed by atoms with Crippen molar-refractivity contribution >= 4 is 38.9 Å². The molecule has 5 rings (SSSR count). The predicted octanol–water partition coefficient (Wildman–Crippen LogP) is 2.91. The number of rotatable bonds is 11. The molecule has 1 aliphatic heterocycles. The number of allylic oxidation sites excluding steroid dienone is 1. The number of aromatic nitrogens is 4. The Bertz CT molecular complexity index is 1500. The third-order valence-electron chi connectivity index (χ3n) is 6.03. The largest absolute Gasteiger partial charge is 0.477 e. The van der Waals surface area contributed by atoms with Crippen LogP contribution in [0.25, 0.3) is 10.6 Å². The summed E-state index contributed by atoms with van der Waals surface area (Å²) in [6.45, 7) is 2.41. The summed E-state index contributed by atoms with van der Waals surface area (Å²) in [7, 11) is -3.48. The average Bonchev–Trinajstić information content (AvgIpc) is 3.68. The molecule has 0 spiro atoms. The highest BCUT2D eigenvalue weighted by molar-refractivity contribution is 7.93. The zero-order valence-electron chi connectivity index (χ0n) is 21.1. The summed E-state index contributed by atoms with van der Waals surface area (Å²) in [6, 6.07) is 2.40. The van der Waals surface area contributed by atoms with Gasteiger partial charge in [-0.25, -0.2) is 18.4 Å². The van der Waals surface area contributed by atoms with E-state index in [2.05, 4.69) is 30.0 Å². The Morgan fingerprint density at radius 3 is 2.87 bits per heavy atom. The second kappa shape index (κ2) is 11.5. The van der Waals surface area contributed by atoms with Gasteiger partial charge in [0.15, 0.2) is 5.01 Å². The molecule has 1 unspecified atom stereocenters. The summed E-state index contributed by atoms with van der Waals surface area (Å²) in [5.74, 6) is -0.173. The van der Waals surface area contributed by atoms with Crippen LogP contribution in [0.4, 0.5) is 5.69 Å². The van der Waals surface area contributed by atoms with Crippen molar-refractivity contribution in [3.63, 3.8) is 0 Å². The Balaban J connectivity index is 1.38. The number of nitrogens with zero attached hydrogens (tertiary/aromatic N) is 5. The Kier molecular flexibility index (Phi) is 7.84. The fraction of sp³-hybridized carbons (Fsp3) is 0.360. The smallest absolute Gasteiger partial charge is 0.280 e. The molecule has 1 fully saturated rings. The number of hydrogen-bond acceptors (Lipinski definition) is 10. The molecular formula is C25H27N7O5S2. The maximum absolute atomic E-state index is 13.3. The van der Waals surface area contributed by atoms with E-state index < -0.39 is 27.2 Å². The number of carbonyl (C=O) groups excluding carboxylic acids is 2. The molecule has 2 amide bonds. The molecule has 0 aromatic carbocycles. The van der Waals surface area contributed by atoms with E-state index in [1.54, 1.807) is 24.5 Å². The van der Waals surface area contributed by atoms with E-state index in [1.165, 1.54) is 23.5 Å². The maximum Gasteiger partial charge on any atom is 0.280 e. The molecule has 3 aromatic heterocycles. The van der Waals surface area contributed by atoms with Crippen LogP contribution < -0.4 is 14.8 Å². The van der Waals surface area contributed by atoms with Crippen molar-refractivity contribution in [1.29, 1.82) is 0 Å². The zero-order chi connectivity index (χ0) is 27.4. The molecule has 0 radical (unpaired) electrons. The lowest BCUT2D eigenvalue weighted by molar-refractivity contribution is -0.129. The minimum Gasteiger partial charge on any atom is -0.477 e. The molecule has 0 saturated heterocycles. The molecule has 4 heterocycles. The monoisotopic (exact) mass is 569 g/mol. The van der Waals surface area contributed by atoms with Crippen LogP contribution in [-0.2, 0) is 14.8 Å². The molecule has 204 valence electrons. The van der Waals surface area contributed by atoms with Gasteiger partial charge in [0.2, 0.25) is 21.8 Å². The number of thiazole rings is 1. The normalized spacial score (nSPS) is 16.1. The van der Waals surface area contributed by atoms with Crippen molar-refractivity contribution in [1.82, 2.24) is 30.2 Å². The van der Waals surface area contributed by atoms with Crippen molar-refractivity contribution < 1.29 is 22.7 Å². The molecule has 12 nitrogen and oxygen atoms in total. The molecule has 2 N–H and O–H groups in total. The highest BCUT2D eigenvalue weighted by atomic mass is 32.2. The van der Waals surface area contributed by atoms with Gasteiger partial charge < -0.3 is 15.0 Å². The predicted molar refractivity (Wildman–Crippen MR) is 144 cm³/mol. The van der Waals surface area contributed by atoms with Crippen molar-refractivity contribution in [2.24, 2.45) is 0 Å². The Morgan fingerprint density at radius 2 is 2.10 bits per heavy atom. The summed E-state index contributed by atoms with van der Waals surface area (Å²) < 4.78 is 32.9. The van der Waals surface area contributed by atoms with E-state index in [-0.39, 0.29) is 17.5 Å². The number of ether oxygens (including phenoxy) is 1. The minimum absolute atomic E-state index is 0.0772. The van der Waals surface area contributed by atoms with E-state index in [4.69, 9.17) is 4.74 Å². The molecule has 1 atom stereocenters. The van der Waals surface area contributed by atoms with Gasteiger partial charge in [0.05, 0.1) is 53.1 Å². The summed E-state index contributed by atoms with van der Waals surface area (Å²) in [6.07, 6.45) is 11.9. The quantitative estimate of drug-likeness (QED) is 0.354. The van der Waals surface area contributed by atoms with Gasteiger partial charge in [-0.3, -0.25) is 24.3 Å². The number of anilines is 1. The van der Waals surface area contributed by atoms with Crippen LogP contribution in [0.1, 0.15) is 54.1 Å². The van der Waals surface area contributed by atoms with Gasteiger partial charge in [0.25, 0.3) is 5.91 Å². The van der Waals surface area contributed by atoms with Gasteiger partial charge >= 0.3 is 0 Å². The molecule has 2 aliphatic rings. The fourth-order valence-electron chi connectivity index (χ4n) is 3.94. The first kappa shape index (κ1) is 26.7. The first-order chi connectivity index (χ1) is 18.8. The molecule has 0 bridgehead atoms. The van der Waals surface area contributed by atoms with E-state index in [1.807, 2.05) is 13.0 Å². The number of amides is 2. The van der Waals surface area contributed by atoms with E-state index in [0.29, 0.717) is 60.1 Å². The summed E-state index contributed by atoms with van der Waals surface area (Å²) in [4.78, 5) is 45.1. The highest BCUT2D eigenvalue weighted by Crippen LogP contribution is 2.30. The van der Waals surface area contributed by atoms with Crippen molar-refractivity contribution in [2.45, 2.75) is 43.9 Å². The first-order valence-corrected chi connectivity index (χ1v) is 14.8. The fourth-order valence-corrected chi connectivity index (χ4v) is 6.09. The summed E-state index contributed by atoms with van der Waals surface area (Å²) in [5, 5.41) is 2.71. The van der Waals surface area contributed by atoms with Crippen molar-refractivity contribution in [3.05, 3.63) is 59.9 Å². The van der Waals surface area contributed by atoms with Gasteiger partial charge in [-0.05, 0) is 38.3 Å². The summed E-state index contributed by atoms with van der Waals surface area (Å²) in [5.41, 5.74) is 1.27. The van der Waals surface area contributed by atoms with Gasteiger partial charge in [0.1, 0.15) is 5.69 Å².